The lowest BCUT2D eigenvalue weighted by Crippen LogP contribution is -2.42. The average molecular weight is 509 g/mol. The molecular formula is C23H30BrFN4O3. The molecule has 2 amide bonds. The summed E-state index contributed by atoms with van der Waals surface area (Å²) in [6.07, 6.45) is 5.44. The predicted molar refractivity (Wildman–Crippen MR) is 124 cm³/mol. The minimum absolute atomic E-state index is 0.0325. The fourth-order valence-electron chi connectivity index (χ4n) is 4.00. The van der Waals surface area contributed by atoms with E-state index in [2.05, 4.69) is 31.5 Å². The van der Waals surface area contributed by atoms with Crippen LogP contribution in [0.3, 0.4) is 0 Å². The van der Waals surface area contributed by atoms with Gasteiger partial charge in [-0.3, -0.25) is 9.36 Å². The zero-order valence-corrected chi connectivity index (χ0v) is 20.3. The van der Waals surface area contributed by atoms with E-state index in [1.165, 1.54) is 18.6 Å². The van der Waals surface area contributed by atoms with E-state index in [-0.39, 0.29) is 47.2 Å². The van der Waals surface area contributed by atoms with Gasteiger partial charge in [0.05, 0.1) is 0 Å². The van der Waals surface area contributed by atoms with Crippen LogP contribution in [0.4, 0.5) is 9.18 Å². The van der Waals surface area contributed by atoms with Crippen LogP contribution >= 0.6 is 15.9 Å². The summed E-state index contributed by atoms with van der Waals surface area (Å²) in [7, 11) is 0. The standard InChI is InChI=1S/C23H30BrFN4O3/c1-14(2)29-15(3)27-21(20(24)22(29)30)32-13-16-9-10-18(25)11-17(16)12-26-23(31)28-19-7-5-4-6-8-19/h9-11,14,19H,4-8,12-13H2,1-3H3,(H2,26,28,31). The number of halogens is 2. The summed E-state index contributed by atoms with van der Waals surface area (Å²) in [4.78, 5) is 29.3. The fourth-order valence-corrected chi connectivity index (χ4v) is 4.40. The first kappa shape index (κ1) is 24.2. The molecule has 0 bridgehead atoms. The molecule has 0 atom stereocenters. The Hall–Kier alpha value is -2.42. The molecule has 0 unspecified atom stereocenters. The summed E-state index contributed by atoms with van der Waals surface area (Å²) >= 11 is 3.29. The highest BCUT2D eigenvalue weighted by molar-refractivity contribution is 9.10. The molecule has 9 heteroatoms. The first-order valence-corrected chi connectivity index (χ1v) is 11.8. The Morgan fingerprint density at radius 2 is 2.00 bits per heavy atom. The van der Waals surface area contributed by atoms with Crippen molar-refractivity contribution in [2.75, 3.05) is 0 Å². The number of ether oxygens (including phenoxy) is 1. The Balaban J connectivity index is 1.68. The zero-order valence-electron chi connectivity index (χ0n) is 18.7. The summed E-state index contributed by atoms with van der Waals surface area (Å²) in [6, 6.07) is 4.24. The van der Waals surface area contributed by atoms with Crippen molar-refractivity contribution in [1.82, 2.24) is 20.2 Å². The first-order chi connectivity index (χ1) is 15.3. The summed E-state index contributed by atoms with van der Waals surface area (Å²) < 4.78 is 21.5. The number of hydrogen-bond donors (Lipinski definition) is 2. The van der Waals surface area contributed by atoms with Gasteiger partial charge in [0.1, 0.15) is 22.7 Å². The molecule has 1 saturated carbocycles. The normalized spacial score (nSPS) is 14.4. The number of aryl methyl sites for hydroxylation is 1. The summed E-state index contributed by atoms with van der Waals surface area (Å²) in [5, 5.41) is 5.80. The van der Waals surface area contributed by atoms with Crippen LogP contribution in [-0.4, -0.2) is 21.6 Å². The number of amides is 2. The van der Waals surface area contributed by atoms with Crippen LogP contribution in [-0.2, 0) is 13.2 Å². The van der Waals surface area contributed by atoms with Crippen molar-refractivity contribution in [3.05, 3.63) is 55.8 Å². The SMILES string of the molecule is Cc1nc(OCc2ccc(F)cc2CNC(=O)NC2CCCCC2)c(Br)c(=O)n1C(C)C. The van der Waals surface area contributed by atoms with Crippen molar-refractivity contribution in [2.24, 2.45) is 0 Å². The van der Waals surface area contributed by atoms with Crippen LogP contribution < -0.4 is 20.9 Å². The topological polar surface area (TPSA) is 85.2 Å². The third-order valence-corrected chi connectivity index (χ3v) is 6.31. The van der Waals surface area contributed by atoms with Crippen LogP contribution in [0.15, 0.2) is 27.5 Å². The lowest BCUT2D eigenvalue weighted by Gasteiger charge is -2.23. The van der Waals surface area contributed by atoms with Gasteiger partial charge in [-0.2, -0.15) is 4.98 Å². The van der Waals surface area contributed by atoms with E-state index >= 15 is 0 Å². The van der Waals surface area contributed by atoms with Gasteiger partial charge in [0.15, 0.2) is 0 Å². The molecule has 0 saturated heterocycles. The average Bonchev–Trinajstić information content (AvgIpc) is 2.75. The number of carbonyl (C=O) groups is 1. The van der Waals surface area contributed by atoms with E-state index in [4.69, 9.17) is 4.74 Å². The summed E-state index contributed by atoms with van der Waals surface area (Å²) in [6.45, 7) is 5.81. The molecule has 32 heavy (non-hydrogen) atoms. The number of nitrogens with one attached hydrogen (secondary N) is 2. The highest BCUT2D eigenvalue weighted by Gasteiger charge is 2.18. The lowest BCUT2D eigenvalue weighted by molar-refractivity contribution is 0.232. The van der Waals surface area contributed by atoms with Crippen molar-refractivity contribution in [3.8, 4) is 5.88 Å². The number of aromatic nitrogens is 2. The van der Waals surface area contributed by atoms with E-state index in [1.54, 1.807) is 17.6 Å². The van der Waals surface area contributed by atoms with Gasteiger partial charge in [0, 0.05) is 18.6 Å². The Kier molecular flexibility index (Phi) is 8.28. The van der Waals surface area contributed by atoms with Crippen molar-refractivity contribution in [1.29, 1.82) is 0 Å². The molecule has 1 heterocycles. The molecule has 2 aromatic rings. The highest BCUT2D eigenvalue weighted by atomic mass is 79.9. The van der Waals surface area contributed by atoms with E-state index in [9.17, 15) is 14.0 Å². The second-order valence-corrected chi connectivity index (χ2v) is 9.20. The Labute approximate surface area is 195 Å². The summed E-state index contributed by atoms with van der Waals surface area (Å²) in [5.41, 5.74) is 1.08. The van der Waals surface area contributed by atoms with Crippen LogP contribution in [0.2, 0.25) is 0 Å². The van der Waals surface area contributed by atoms with Crippen molar-refractivity contribution in [2.45, 2.75) is 78.1 Å². The highest BCUT2D eigenvalue weighted by Crippen LogP contribution is 2.22. The van der Waals surface area contributed by atoms with Crippen LogP contribution in [0.25, 0.3) is 0 Å². The summed E-state index contributed by atoms with van der Waals surface area (Å²) in [5.74, 6) is 0.333. The Morgan fingerprint density at radius 1 is 1.28 bits per heavy atom. The molecule has 1 aliphatic carbocycles. The van der Waals surface area contributed by atoms with E-state index in [1.807, 2.05) is 13.8 Å². The van der Waals surface area contributed by atoms with Crippen LogP contribution in [0, 0.1) is 12.7 Å². The number of nitrogens with zero attached hydrogens (tertiary/aromatic N) is 2. The second-order valence-electron chi connectivity index (χ2n) is 8.41. The number of carbonyl (C=O) groups excluding carboxylic acids is 1. The lowest BCUT2D eigenvalue weighted by atomic mass is 9.96. The number of benzene rings is 1. The predicted octanol–water partition coefficient (Wildman–Crippen LogP) is 4.75. The van der Waals surface area contributed by atoms with Gasteiger partial charge in [-0.15, -0.1) is 0 Å². The zero-order chi connectivity index (χ0) is 23.3. The van der Waals surface area contributed by atoms with Crippen molar-refractivity contribution < 1.29 is 13.9 Å². The van der Waals surface area contributed by atoms with Gasteiger partial charge in [-0.05, 0) is 72.8 Å². The molecule has 1 aromatic carbocycles. The third-order valence-electron chi connectivity index (χ3n) is 5.64. The van der Waals surface area contributed by atoms with Crippen LogP contribution in [0.5, 0.6) is 5.88 Å². The van der Waals surface area contributed by atoms with Gasteiger partial charge in [0.2, 0.25) is 5.88 Å². The maximum atomic E-state index is 13.9. The molecule has 3 rings (SSSR count). The van der Waals surface area contributed by atoms with Gasteiger partial charge in [-0.25, -0.2) is 9.18 Å². The van der Waals surface area contributed by atoms with E-state index in [0.29, 0.717) is 17.0 Å². The smallest absolute Gasteiger partial charge is 0.315 e. The van der Waals surface area contributed by atoms with Gasteiger partial charge in [-0.1, -0.05) is 25.3 Å². The molecule has 1 aromatic heterocycles. The number of rotatable bonds is 7. The number of hydrogen-bond acceptors (Lipinski definition) is 4. The molecular weight excluding hydrogens is 479 g/mol. The van der Waals surface area contributed by atoms with E-state index in [0.717, 1.165) is 25.7 Å². The van der Waals surface area contributed by atoms with Crippen molar-refractivity contribution in [3.63, 3.8) is 0 Å². The minimum atomic E-state index is -0.395. The third kappa shape index (κ3) is 6.09. The molecule has 0 aliphatic heterocycles. The molecule has 1 fully saturated rings. The van der Waals surface area contributed by atoms with Gasteiger partial charge >= 0.3 is 6.03 Å². The molecule has 0 spiro atoms. The Bertz CT molecular complexity index is 1020. The maximum Gasteiger partial charge on any atom is 0.315 e. The second kappa shape index (κ2) is 10.9. The van der Waals surface area contributed by atoms with Gasteiger partial charge in [0.25, 0.3) is 5.56 Å². The molecule has 1 aliphatic rings. The Morgan fingerprint density at radius 3 is 2.69 bits per heavy atom. The minimum Gasteiger partial charge on any atom is -0.472 e. The number of urea groups is 1. The van der Waals surface area contributed by atoms with Gasteiger partial charge < -0.3 is 15.4 Å². The molecule has 2 N–H and O–H groups in total. The fraction of sp³-hybridized carbons (Fsp3) is 0.522. The molecule has 7 nitrogen and oxygen atoms in total. The monoisotopic (exact) mass is 508 g/mol. The van der Waals surface area contributed by atoms with E-state index < -0.39 is 5.82 Å². The van der Waals surface area contributed by atoms with Crippen molar-refractivity contribution >= 4 is 22.0 Å². The first-order valence-electron chi connectivity index (χ1n) is 11.0. The maximum absolute atomic E-state index is 13.9. The molecule has 174 valence electrons. The largest absolute Gasteiger partial charge is 0.472 e. The van der Waals surface area contributed by atoms with Crippen LogP contribution in [0.1, 0.15) is 68.9 Å². The molecule has 0 radical (unpaired) electrons. The quantitative estimate of drug-likeness (QED) is 0.565.